The number of rotatable bonds is 5. The highest BCUT2D eigenvalue weighted by atomic mass is 32.2. The Hall–Kier alpha value is -2.61. The highest BCUT2D eigenvalue weighted by Crippen LogP contribution is 2.19. The molecule has 0 spiro atoms. The topological polar surface area (TPSA) is 85.7 Å². The van der Waals surface area contributed by atoms with E-state index in [2.05, 4.69) is 4.57 Å². The van der Waals surface area contributed by atoms with E-state index in [1.165, 1.54) is 11.8 Å². The molecule has 156 valence electrons. The van der Waals surface area contributed by atoms with Gasteiger partial charge in [0.1, 0.15) is 0 Å². The van der Waals surface area contributed by atoms with Gasteiger partial charge in [-0.15, -0.1) is 0 Å². The summed E-state index contributed by atoms with van der Waals surface area (Å²) in [5, 5.41) is 0. The van der Waals surface area contributed by atoms with Crippen molar-refractivity contribution >= 4 is 21.7 Å². The first kappa shape index (κ1) is 21.1. The van der Waals surface area contributed by atoms with Crippen LogP contribution in [0.15, 0.2) is 36.4 Å². The van der Waals surface area contributed by atoms with E-state index >= 15 is 0 Å². The summed E-state index contributed by atoms with van der Waals surface area (Å²) in [6, 6.07) is 10.7. The predicted octanol–water partition coefficient (Wildman–Crippen LogP) is 2.28. The van der Waals surface area contributed by atoms with Crippen LogP contribution in [0, 0.1) is 13.8 Å². The molecule has 2 heterocycles. The number of esters is 1. The number of hydrogen-bond donors (Lipinski definition) is 0. The summed E-state index contributed by atoms with van der Waals surface area (Å²) in [7, 11) is -1.55. The third-order valence-corrected chi connectivity index (χ3v) is 7.12. The highest BCUT2D eigenvalue weighted by Gasteiger charge is 2.35. The monoisotopic (exact) mass is 418 g/mol. The number of carbonyl (C=O) groups is 2. The van der Waals surface area contributed by atoms with Crippen molar-refractivity contribution in [2.75, 3.05) is 18.6 Å². The van der Waals surface area contributed by atoms with Crippen LogP contribution in [0.4, 0.5) is 0 Å². The van der Waals surface area contributed by atoms with E-state index in [0.717, 1.165) is 17.1 Å². The fraction of sp³-hybridized carbons (Fsp3) is 0.429. The lowest BCUT2D eigenvalue weighted by molar-refractivity contribution is -0.140. The molecule has 1 amide bonds. The molecule has 0 bridgehead atoms. The molecule has 3 rings (SSSR count). The minimum Gasteiger partial charge on any atom is -0.449 e. The average Bonchev–Trinajstić information content (AvgIpc) is 3.21. The molecule has 2 atom stereocenters. The van der Waals surface area contributed by atoms with Crippen molar-refractivity contribution in [3.8, 4) is 5.69 Å². The van der Waals surface area contributed by atoms with E-state index in [1.807, 2.05) is 38.1 Å². The standard InChI is InChI=1S/C21H26N2O5S/c1-14-5-6-15(2)23(14)18-9-7-17(8-10-18)21(25)28-16(3)20(24)22(4)19-11-12-29(26,27)13-19/h5-10,16,19H,11-13H2,1-4H3/t16-,19+/m0/s1. The van der Waals surface area contributed by atoms with Crippen LogP contribution < -0.4 is 0 Å². The van der Waals surface area contributed by atoms with Crippen LogP contribution in [0.2, 0.25) is 0 Å². The summed E-state index contributed by atoms with van der Waals surface area (Å²) in [4.78, 5) is 26.4. The number of aromatic nitrogens is 1. The number of nitrogens with zero attached hydrogens (tertiary/aromatic N) is 2. The lowest BCUT2D eigenvalue weighted by Crippen LogP contribution is -2.44. The maximum absolute atomic E-state index is 12.5. The summed E-state index contributed by atoms with van der Waals surface area (Å²) < 4.78 is 30.7. The molecule has 0 saturated carbocycles. The molecule has 2 aromatic rings. The van der Waals surface area contributed by atoms with E-state index in [-0.39, 0.29) is 17.5 Å². The molecule has 0 unspecified atom stereocenters. The van der Waals surface area contributed by atoms with Crippen LogP contribution in [-0.4, -0.2) is 60.5 Å². The second-order valence-corrected chi connectivity index (χ2v) is 9.78. The average molecular weight is 419 g/mol. The van der Waals surface area contributed by atoms with Gasteiger partial charge in [0, 0.05) is 30.2 Å². The number of amides is 1. The van der Waals surface area contributed by atoms with Crippen LogP contribution in [0.1, 0.15) is 35.1 Å². The zero-order valence-corrected chi connectivity index (χ0v) is 17.9. The zero-order valence-electron chi connectivity index (χ0n) is 17.1. The Bertz CT molecular complexity index is 1000. The van der Waals surface area contributed by atoms with Gasteiger partial charge in [0.15, 0.2) is 15.9 Å². The maximum atomic E-state index is 12.5. The first-order chi connectivity index (χ1) is 13.6. The molecule has 1 fully saturated rings. The summed E-state index contributed by atoms with van der Waals surface area (Å²) >= 11 is 0. The van der Waals surface area contributed by atoms with Crippen LogP contribution in [0.3, 0.4) is 0 Å². The molecule has 1 saturated heterocycles. The lowest BCUT2D eigenvalue weighted by atomic mass is 10.2. The van der Waals surface area contributed by atoms with Gasteiger partial charge in [0.05, 0.1) is 17.1 Å². The Labute approximate surface area is 171 Å². The first-order valence-electron chi connectivity index (χ1n) is 9.52. The SMILES string of the molecule is Cc1ccc(C)n1-c1ccc(C(=O)O[C@@H](C)C(=O)N(C)[C@@H]2CCS(=O)(=O)C2)cc1. The van der Waals surface area contributed by atoms with E-state index in [1.54, 1.807) is 19.2 Å². The molecule has 29 heavy (non-hydrogen) atoms. The zero-order chi connectivity index (χ0) is 21.3. The van der Waals surface area contributed by atoms with E-state index in [4.69, 9.17) is 4.74 Å². The number of ether oxygens (including phenoxy) is 1. The number of hydrogen-bond acceptors (Lipinski definition) is 5. The molecular weight excluding hydrogens is 392 g/mol. The summed E-state index contributed by atoms with van der Waals surface area (Å²) in [5.74, 6) is -0.965. The number of sulfone groups is 1. The van der Waals surface area contributed by atoms with Gasteiger partial charge in [-0.2, -0.15) is 0 Å². The van der Waals surface area contributed by atoms with Gasteiger partial charge in [-0.05, 0) is 63.6 Å². The summed E-state index contributed by atoms with van der Waals surface area (Å²) in [6.45, 7) is 5.52. The summed E-state index contributed by atoms with van der Waals surface area (Å²) in [5.41, 5.74) is 3.47. The Morgan fingerprint density at radius 1 is 1.10 bits per heavy atom. The van der Waals surface area contributed by atoms with Crippen molar-refractivity contribution in [2.45, 2.75) is 39.3 Å². The van der Waals surface area contributed by atoms with E-state index < -0.39 is 27.8 Å². The fourth-order valence-electron chi connectivity index (χ4n) is 3.65. The number of likely N-dealkylation sites (N-methyl/N-ethyl adjacent to an activating group) is 1. The Kier molecular flexibility index (Phi) is 5.84. The Balaban J connectivity index is 1.64. The first-order valence-corrected chi connectivity index (χ1v) is 11.3. The fourth-order valence-corrected chi connectivity index (χ4v) is 5.42. The maximum Gasteiger partial charge on any atom is 0.338 e. The number of benzene rings is 1. The third kappa shape index (κ3) is 4.53. The van der Waals surface area contributed by atoms with Crippen LogP contribution in [-0.2, 0) is 19.4 Å². The van der Waals surface area contributed by atoms with Crippen molar-refractivity contribution in [1.82, 2.24) is 9.47 Å². The Morgan fingerprint density at radius 3 is 2.21 bits per heavy atom. The Morgan fingerprint density at radius 2 is 1.69 bits per heavy atom. The second-order valence-electron chi connectivity index (χ2n) is 7.55. The van der Waals surface area contributed by atoms with Crippen molar-refractivity contribution in [3.63, 3.8) is 0 Å². The summed E-state index contributed by atoms with van der Waals surface area (Å²) in [6.07, 6.45) is -0.588. The van der Waals surface area contributed by atoms with Gasteiger partial charge in [-0.3, -0.25) is 4.79 Å². The molecule has 1 aliphatic heterocycles. The van der Waals surface area contributed by atoms with Crippen LogP contribution >= 0.6 is 0 Å². The van der Waals surface area contributed by atoms with Crippen molar-refractivity contribution in [1.29, 1.82) is 0 Å². The van der Waals surface area contributed by atoms with E-state index in [0.29, 0.717) is 12.0 Å². The lowest BCUT2D eigenvalue weighted by Gasteiger charge is -2.26. The van der Waals surface area contributed by atoms with Gasteiger partial charge < -0.3 is 14.2 Å². The van der Waals surface area contributed by atoms with Crippen molar-refractivity contribution in [3.05, 3.63) is 53.3 Å². The predicted molar refractivity (Wildman–Crippen MR) is 110 cm³/mol. The molecular formula is C21H26N2O5S. The van der Waals surface area contributed by atoms with E-state index in [9.17, 15) is 18.0 Å². The highest BCUT2D eigenvalue weighted by molar-refractivity contribution is 7.91. The molecule has 0 radical (unpaired) electrons. The normalized spacial score (nSPS) is 19.0. The van der Waals surface area contributed by atoms with Gasteiger partial charge in [-0.1, -0.05) is 0 Å². The molecule has 8 heteroatoms. The van der Waals surface area contributed by atoms with Gasteiger partial charge in [-0.25, -0.2) is 13.2 Å². The van der Waals surface area contributed by atoms with Gasteiger partial charge in [0.25, 0.3) is 5.91 Å². The third-order valence-electron chi connectivity index (χ3n) is 5.37. The molecule has 0 N–H and O–H groups in total. The van der Waals surface area contributed by atoms with Gasteiger partial charge in [0.2, 0.25) is 0 Å². The van der Waals surface area contributed by atoms with Gasteiger partial charge >= 0.3 is 5.97 Å². The van der Waals surface area contributed by atoms with Crippen LogP contribution in [0.5, 0.6) is 0 Å². The second kappa shape index (κ2) is 8.02. The minimum atomic E-state index is -3.10. The molecule has 1 aromatic carbocycles. The number of aryl methyl sites for hydroxylation is 2. The smallest absolute Gasteiger partial charge is 0.338 e. The largest absolute Gasteiger partial charge is 0.449 e. The van der Waals surface area contributed by atoms with Crippen molar-refractivity contribution < 1.29 is 22.7 Å². The quantitative estimate of drug-likeness (QED) is 0.696. The molecule has 0 aliphatic carbocycles. The van der Waals surface area contributed by atoms with Crippen LogP contribution in [0.25, 0.3) is 5.69 Å². The number of carbonyl (C=O) groups excluding carboxylic acids is 2. The molecule has 1 aromatic heterocycles. The van der Waals surface area contributed by atoms with Crippen molar-refractivity contribution in [2.24, 2.45) is 0 Å². The molecule has 7 nitrogen and oxygen atoms in total. The molecule has 1 aliphatic rings. The minimum absolute atomic E-state index is 0.0460.